The molecule has 0 heterocycles. The van der Waals surface area contributed by atoms with Crippen molar-refractivity contribution < 1.29 is 14.3 Å². The number of hydrogen-bond acceptors (Lipinski definition) is 3. The lowest BCUT2D eigenvalue weighted by molar-refractivity contribution is 0.112. The SMILES string of the molecule is COc1ccc(C=O)c(OC)c1-c1cccc2c(C)cccc12. The third kappa shape index (κ3) is 2.44. The average Bonchev–Trinajstić information content (AvgIpc) is 2.60. The highest BCUT2D eigenvalue weighted by atomic mass is 16.5. The minimum atomic E-state index is 0.507. The molecule has 0 saturated carbocycles. The Morgan fingerprint density at radius 3 is 2.30 bits per heavy atom. The van der Waals surface area contributed by atoms with Gasteiger partial charge >= 0.3 is 0 Å². The summed E-state index contributed by atoms with van der Waals surface area (Å²) >= 11 is 0. The second-order valence-electron chi connectivity index (χ2n) is 5.36. The molecule has 0 saturated heterocycles. The van der Waals surface area contributed by atoms with Crippen LogP contribution in [0.3, 0.4) is 0 Å². The van der Waals surface area contributed by atoms with Gasteiger partial charge in [-0.25, -0.2) is 0 Å². The molecule has 0 aromatic heterocycles. The van der Waals surface area contributed by atoms with Crippen LogP contribution in [0.1, 0.15) is 15.9 Å². The van der Waals surface area contributed by atoms with Crippen molar-refractivity contribution in [2.45, 2.75) is 6.92 Å². The molecule has 0 spiro atoms. The summed E-state index contributed by atoms with van der Waals surface area (Å²) in [6, 6.07) is 15.8. The van der Waals surface area contributed by atoms with Gasteiger partial charge in [0.25, 0.3) is 0 Å². The second kappa shape index (κ2) is 6.13. The number of methoxy groups -OCH3 is 2. The van der Waals surface area contributed by atoms with E-state index >= 15 is 0 Å². The topological polar surface area (TPSA) is 35.5 Å². The van der Waals surface area contributed by atoms with Gasteiger partial charge in [0.2, 0.25) is 0 Å². The van der Waals surface area contributed by atoms with Gasteiger partial charge in [0.1, 0.15) is 11.5 Å². The molecular weight excluding hydrogens is 288 g/mol. The van der Waals surface area contributed by atoms with E-state index in [4.69, 9.17) is 9.47 Å². The van der Waals surface area contributed by atoms with E-state index in [1.807, 2.05) is 18.2 Å². The van der Waals surface area contributed by atoms with E-state index in [2.05, 4.69) is 25.1 Å². The lowest BCUT2D eigenvalue weighted by Gasteiger charge is -2.17. The number of ether oxygens (including phenoxy) is 2. The molecule has 0 aliphatic rings. The first kappa shape index (κ1) is 15.1. The zero-order chi connectivity index (χ0) is 16.4. The van der Waals surface area contributed by atoms with Crippen LogP contribution in [0.15, 0.2) is 48.5 Å². The standard InChI is InChI=1S/C20H18O3/c1-13-6-4-8-16-15(13)7-5-9-17(16)19-18(22-2)11-10-14(12-21)20(19)23-3/h4-12H,1-3H3. The van der Waals surface area contributed by atoms with E-state index < -0.39 is 0 Å². The first-order valence-electron chi connectivity index (χ1n) is 7.40. The first-order valence-corrected chi connectivity index (χ1v) is 7.40. The monoisotopic (exact) mass is 306 g/mol. The number of benzene rings is 3. The van der Waals surface area contributed by atoms with Crippen LogP contribution in [-0.4, -0.2) is 20.5 Å². The average molecular weight is 306 g/mol. The van der Waals surface area contributed by atoms with E-state index in [-0.39, 0.29) is 0 Å². The zero-order valence-electron chi connectivity index (χ0n) is 13.4. The predicted octanol–water partition coefficient (Wildman–Crippen LogP) is 4.64. The van der Waals surface area contributed by atoms with Crippen molar-refractivity contribution in [1.82, 2.24) is 0 Å². The number of hydrogen-bond donors (Lipinski definition) is 0. The van der Waals surface area contributed by atoms with Gasteiger partial charge in [-0.05, 0) is 41.0 Å². The highest BCUT2D eigenvalue weighted by Gasteiger charge is 2.18. The molecule has 0 radical (unpaired) electrons. The minimum absolute atomic E-state index is 0.507. The number of carbonyl (C=O) groups is 1. The van der Waals surface area contributed by atoms with Crippen molar-refractivity contribution >= 4 is 17.1 Å². The quantitative estimate of drug-likeness (QED) is 0.658. The molecule has 23 heavy (non-hydrogen) atoms. The summed E-state index contributed by atoms with van der Waals surface area (Å²) in [7, 11) is 3.19. The Labute approximate surface area is 135 Å². The molecule has 3 aromatic rings. The van der Waals surface area contributed by atoms with Gasteiger partial charge in [-0.2, -0.15) is 0 Å². The molecule has 0 N–H and O–H groups in total. The van der Waals surface area contributed by atoms with Crippen molar-refractivity contribution in [2.75, 3.05) is 14.2 Å². The van der Waals surface area contributed by atoms with Gasteiger partial charge in [-0.15, -0.1) is 0 Å². The number of aldehydes is 1. The Balaban J connectivity index is 2.43. The van der Waals surface area contributed by atoms with E-state index in [9.17, 15) is 4.79 Å². The molecule has 0 unspecified atom stereocenters. The molecule has 0 aliphatic heterocycles. The van der Waals surface area contributed by atoms with Gasteiger partial charge in [-0.3, -0.25) is 4.79 Å². The van der Waals surface area contributed by atoms with Gasteiger partial charge in [-0.1, -0.05) is 36.4 Å². The summed E-state index contributed by atoms with van der Waals surface area (Å²) in [5.74, 6) is 1.22. The maximum absolute atomic E-state index is 11.4. The van der Waals surface area contributed by atoms with Crippen LogP contribution in [0.2, 0.25) is 0 Å². The van der Waals surface area contributed by atoms with E-state index in [0.29, 0.717) is 17.1 Å². The van der Waals surface area contributed by atoms with Gasteiger partial charge < -0.3 is 9.47 Å². The smallest absolute Gasteiger partial charge is 0.153 e. The van der Waals surface area contributed by atoms with Crippen molar-refractivity contribution in [2.24, 2.45) is 0 Å². The number of aryl methyl sites for hydroxylation is 1. The fourth-order valence-corrected chi connectivity index (χ4v) is 3.00. The van der Waals surface area contributed by atoms with Gasteiger partial charge in [0.15, 0.2) is 6.29 Å². The Kier molecular flexibility index (Phi) is 4.02. The zero-order valence-corrected chi connectivity index (χ0v) is 13.4. The highest BCUT2D eigenvalue weighted by Crippen LogP contribution is 2.43. The number of carbonyl (C=O) groups excluding carboxylic acids is 1. The molecule has 0 fully saturated rings. The van der Waals surface area contributed by atoms with E-state index in [0.717, 1.165) is 22.8 Å². The lowest BCUT2D eigenvalue weighted by atomic mass is 9.93. The summed E-state index contributed by atoms with van der Waals surface area (Å²) in [4.78, 5) is 11.4. The van der Waals surface area contributed by atoms with Crippen molar-refractivity contribution in [3.05, 3.63) is 59.7 Å². The molecule has 3 heteroatoms. The maximum Gasteiger partial charge on any atom is 0.153 e. The second-order valence-corrected chi connectivity index (χ2v) is 5.36. The fourth-order valence-electron chi connectivity index (χ4n) is 3.00. The van der Waals surface area contributed by atoms with Crippen molar-refractivity contribution in [3.8, 4) is 22.6 Å². The molecule has 0 atom stereocenters. The summed E-state index contributed by atoms with van der Waals surface area (Å²) in [5, 5.41) is 2.28. The normalized spacial score (nSPS) is 10.6. The molecule has 0 aliphatic carbocycles. The van der Waals surface area contributed by atoms with Crippen molar-refractivity contribution in [3.63, 3.8) is 0 Å². The first-order chi connectivity index (χ1) is 11.2. The van der Waals surface area contributed by atoms with Gasteiger partial charge in [0, 0.05) is 0 Å². The number of rotatable bonds is 4. The Hall–Kier alpha value is -2.81. The highest BCUT2D eigenvalue weighted by molar-refractivity contribution is 6.02. The Morgan fingerprint density at radius 2 is 1.61 bits per heavy atom. The summed E-state index contributed by atoms with van der Waals surface area (Å²) < 4.78 is 11.1. The van der Waals surface area contributed by atoms with Gasteiger partial charge in [0.05, 0.1) is 25.3 Å². The predicted molar refractivity (Wildman–Crippen MR) is 92.6 cm³/mol. The summed E-state index contributed by atoms with van der Waals surface area (Å²) in [6.07, 6.45) is 0.804. The van der Waals surface area contributed by atoms with Crippen LogP contribution >= 0.6 is 0 Å². The third-order valence-electron chi connectivity index (χ3n) is 4.11. The van der Waals surface area contributed by atoms with Crippen LogP contribution in [0, 0.1) is 6.92 Å². The van der Waals surface area contributed by atoms with Crippen LogP contribution in [0.4, 0.5) is 0 Å². The summed E-state index contributed by atoms with van der Waals surface area (Å²) in [6.45, 7) is 2.09. The molecule has 3 aromatic carbocycles. The molecule has 0 amide bonds. The van der Waals surface area contributed by atoms with E-state index in [1.165, 1.54) is 10.9 Å². The Morgan fingerprint density at radius 1 is 0.870 bits per heavy atom. The van der Waals surface area contributed by atoms with Crippen LogP contribution in [-0.2, 0) is 0 Å². The third-order valence-corrected chi connectivity index (χ3v) is 4.11. The molecule has 3 nitrogen and oxygen atoms in total. The molecular formula is C20H18O3. The van der Waals surface area contributed by atoms with E-state index in [1.54, 1.807) is 26.4 Å². The maximum atomic E-state index is 11.4. The van der Waals surface area contributed by atoms with Crippen LogP contribution in [0.25, 0.3) is 21.9 Å². The lowest BCUT2D eigenvalue weighted by Crippen LogP contribution is -1.98. The summed E-state index contributed by atoms with van der Waals surface area (Å²) in [5.41, 5.74) is 3.50. The van der Waals surface area contributed by atoms with Crippen molar-refractivity contribution in [1.29, 1.82) is 0 Å². The largest absolute Gasteiger partial charge is 0.496 e. The molecule has 3 rings (SSSR count). The molecule has 116 valence electrons. The van der Waals surface area contributed by atoms with Crippen LogP contribution in [0.5, 0.6) is 11.5 Å². The minimum Gasteiger partial charge on any atom is -0.496 e. The number of fused-ring (bicyclic) bond motifs is 1. The Bertz CT molecular complexity index is 881. The molecule has 0 bridgehead atoms. The fraction of sp³-hybridized carbons (Fsp3) is 0.150. The van der Waals surface area contributed by atoms with Crippen LogP contribution < -0.4 is 9.47 Å².